The molecule has 9 heteroatoms. The van der Waals surface area contributed by atoms with Crippen LogP contribution in [0.1, 0.15) is 37.0 Å². The molecule has 1 atom stereocenters. The van der Waals surface area contributed by atoms with E-state index in [1.165, 1.54) is 15.9 Å². The first-order valence-corrected chi connectivity index (χ1v) is 12.5. The summed E-state index contributed by atoms with van der Waals surface area (Å²) in [5.74, 6) is 0.698. The molecule has 35 heavy (non-hydrogen) atoms. The Morgan fingerprint density at radius 1 is 1.17 bits per heavy atom. The van der Waals surface area contributed by atoms with Crippen molar-refractivity contribution in [2.24, 2.45) is 4.99 Å². The number of carbonyl (C=O) groups excluding carboxylic acids is 1. The molecule has 1 saturated heterocycles. The number of fused-ring (bicyclic) bond motifs is 1. The number of furan rings is 1. The van der Waals surface area contributed by atoms with Crippen LogP contribution in [0.15, 0.2) is 61.9 Å². The van der Waals surface area contributed by atoms with Crippen molar-refractivity contribution in [2.45, 2.75) is 26.8 Å². The van der Waals surface area contributed by atoms with E-state index >= 15 is 0 Å². The van der Waals surface area contributed by atoms with E-state index in [1.807, 2.05) is 31.2 Å². The van der Waals surface area contributed by atoms with E-state index < -0.39 is 12.0 Å². The Morgan fingerprint density at radius 2 is 1.91 bits per heavy atom. The summed E-state index contributed by atoms with van der Waals surface area (Å²) in [6.07, 6.45) is 1.86. The van der Waals surface area contributed by atoms with Crippen LogP contribution in [0, 0.1) is 6.92 Å². The Bertz CT molecular complexity index is 1460. The normalized spacial score (nSPS) is 18.4. The molecule has 0 spiro atoms. The minimum atomic E-state index is -0.732. The maximum atomic E-state index is 13.6. The first-order chi connectivity index (χ1) is 17.0. The fraction of sp³-hybridized carbons (Fsp3) is 0.346. The summed E-state index contributed by atoms with van der Waals surface area (Å²) in [7, 11) is 0. The summed E-state index contributed by atoms with van der Waals surface area (Å²) in [6, 6.07) is 11.0. The van der Waals surface area contributed by atoms with Crippen molar-refractivity contribution in [3.8, 4) is 0 Å². The van der Waals surface area contributed by atoms with Gasteiger partial charge in [0.05, 0.1) is 35.6 Å². The summed E-state index contributed by atoms with van der Waals surface area (Å²) in [5.41, 5.74) is 2.66. The molecule has 0 bridgehead atoms. The van der Waals surface area contributed by atoms with Gasteiger partial charge in [0.1, 0.15) is 17.6 Å². The number of allylic oxidation sites excluding steroid dienone is 1. The van der Waals surface area contributed by atoms with Gasteiger partial charge in [-0.05, 0) is 56.7 Å². The van der Waals surface area contributed by atoms with Crippen molar-refractivity contribution >= 4 is 29.1 Å². The van der Waals surface area contributed by atoms with Crippen molar-refractivity contribution in [3.05, 3.63) is 84.4 Å². The fourth-order valence-corrected chi connectivity index (χ4v) is 5.46. The predicted molar refractivity (Wildman–Crippen MR) is 133 cm³/mol. The summed E-state index contributed by atoms with van der Waals surface area (Å²) < 4.78 is 18.7. The standard InChI is InChI=1S/C26H27N3O5S/c1-4-33-25(31)22-17(3)27-26-29(23(22)20-10-5-16(2)34-20)24(30)21(35-26)15-18-6-8-19(9-7-18)28-11-13-32-14-12-28/h5-10,15,23H,4,11-14H2,1-3H3/b21-15-. The van der Waals surface area contributed by atoms with E-state index in [4.69, 9.17) is 13.9 Å². The van der Waals surface area contributed by atoms with Gasteiger partial charge in [0.2, 0.25) is 0 Å². The Hall–Kier alpha value is -3.43. The average Bonchev–Trinajstić information content (AvgIpc) is 3.42. The third kappa shape index (κ3) is 4.49. The molecule has 1 aromatic carbocycles. The highest BCUT2D eigenvalue weighted by Crippen LogP contribution is 2.31. The lowest BCUT2D eigenvalue weighted by Gasteiger charge is -2.28. The molecule has 2 aliphatic heterocycles. The number of ether oxygens (including phenoxy) is 2. The average molecular weight is 494 g/mol. The summed E-state index contributed by atoms with van der Waals surface area (Å²) >= 11 is 1.30. The molecule has 0 amide bonds. The molecule has 0 radical (unpaired) electrons. The van der Waals surface area contributed by atoms with Crippen LogP contribution < -0.4 is 19.8 Å². The SMILES string of the molecule is CCOC(=O)C1=C(C)N=c2s/c(=C\c3ccc(N4CCOCC4)cc3)c(=O)n2C1c1ccc(C)o1. The lowest BCUT2D eigenvalue weighted by Crippen LogP contribution is -2.39. The maximum absolute atomic E-state index is 13.6. The molecule has 0 N–H and O–H groups in total. The Morgan fingerprint density at radius 3 is 2.57 bits per heavy atom. The van der Waals surface area contributed by atoms with Crippen LogP contribution >= 0.6 is 11.3 Å². The molecule has 0 aliphatic carbocycles. The number of morpholine rings is 1. The number of esters is 1. The van der Waals surface area contributed by atoms with Crippen molar-refractivity contribution < 1.29 is 18.7 Å². The van der Waals surface area contributed by atoms with Crippen LogP contribution in [-0.2, 0) is 14.3 Å². The van der Waals surface area contributed by atoms with Crippen LogP contribution in [0.3, 0.4) is 0 Å². The van der Waals surface area contributed by atoms with Gasteiger partial charge < -0.3 is 18.8 Å². The quantitative estimate of drug-likeness (QED) is 0.508. The Labute approximate surface area is 206 Å². The molecule has 5 rings (SSSR count). The summed E-state index contributed by atoms with van der Waals surface area (Å²) in [6.45, 7) is 8.76. The first kappa shape index (κ1) is 23.3. The second-order valence-corrected chi connectivity index (χ2v) is 9.45. The number of hydrogen-bond donors (Lipinski definition) is 0. The highest BCUT2D eigenvalue weighted by Gasteiger charge is 2.35. The molecular weight excluding hydrogens is 466 g/mol. The van der Waals surface area contributed by atoms with E-state index in [1.54, 1.807) is 19.9 Å². The van der Waals surface area contributed by atoms with E-state index in [9.17, 15) is 9.59 Å². The number of aryl methyl sites for hydroxylation is 1. The van der Waals surface area contributed by atoms with Gasteiger partial charge in [-0.1, -0.05) is 23.5 Å². The van der Waals surface area contributed by atoms with Gasteiger partial charge in [0.15, 0.2) is 4.80 Å². The van der Waals surface area contributed by atoms with Crippen molar-refractivity contribution in [1.29, 1.82) is 0 Å². The second-order valence-electron chi connectivity index (χ2n) is 8.44. The molecule has 8 nitrogen and oxygen atoms in total. The highest BCUT2D eigenvalue weighted by molar-refractivity contribution is 7.07. The van der Waals surface area contributed by atoms with Gasteiger partial charge in [0.25, 0.3) is 5.56 Å². The van der Waals surface area contributed by atoms with Crippen molar-refractivity contribution in [1.82, 2.24) is 4.57 Å². The largest absolute Gasteiger partial charge is 0.464 e. The molecule has 3 aromatic rings. The molecule has 0 saturated carbocycles. The molecular formula is C26H27N3O5S. The van der Waals surface area contributed by atoms with Gasteiger partial charge in [-0.15, -0.1) is 0 Å². The summed E-state index contributed by atoms with van der Waals surface area (Å²) in [5, 5.41) is 0. The zero-order valence-corrected chi connectivity index (χ0v) is 20.8. The zero-order chi connectivity index (χ0) is 24.5. The third-order valence-electron chi connectivity index (χ3n) is 6.11. The molecule has 2 aromatic heterocycles. The van der Waals surface area contributed by atoms with Crippen LogP contribution in [-0.4, -0.2) is 43.4 Å². The van der Waals surface area contributed by atoms with Gasteiger partial charge in [-0.3, -0.25) is 9.36 Å². The van der Waals surface area contributed by atoms with E-state index in [-0.39, 0.29) is 12.2 Å². The number of benzene rings is 1. The van der Waals surface area contributed by atoms with Crippen molar-refractivity contribution in [2.75, 3.05) is 37.8 Å². The fourth-order valence-electron chi connectivity index (χ4n) is 4.42. The van der Waals surface area contributed by atoms with Crippen LogP contribution in [0.2, 0.25) is 0 Å². The number of rotatable bonds is 5. The number of aromatic nitrogens is 1. The minimum Gasteiger partial charge on any atom is -0.464 e. The van der Waals surface area contributed by atoms with Crippen LogP contribution in [0.25, 0.3) is 6.08 Å². The Kier molecular flexibility index (Phi) is 6.44. The smallest absolute Gasteiger partial charge is 0.338 e. The maximum Gasteiger partial charge on any atom is 0.338 e. The molecule has 182 valence electrons. The van der Waals surface area contributed by atoms with Crippen molar-refractivity contribution in [3.63, 3.8) is 0 Å². The predicted octanol–water partition coefficient (Wildman–Crippen LogP) is 2.54. The molecule has 1 unspecified atom stereocenters. The molecule has 2 aliphatic rings. The first-order valence-electron chi connectivity index (χ1n) is 11.6. The number of thiazole rings is 1. The van der Waals surface area contributed by atoms with E-state index in [0.29, 0.717) is 32.1 Å². The number of hydrogen-bond acceptors (Lipinski definition) is 8. The lowest BCUT2D eigenvalue weighted by atomic mass is 10.0. The Balaban J connectivity index is 1.57. The van der Waals surface area contributed by atoms with Crippen LogP contribution in [0.4, 0.5) is 5.69 Å². The second kappa shape index (κ2) is 9.67. The molecule has 4 heterocycles. The highest BCUT2D eigenvalue weighted by atomic mass is 32.1. The van der Waals surface area contributed by atoms with Gasteiger partial charge in [-0.2, -0.15) is 0 Å². The molecule has 1 fully saturated rings. The van der Waals surface area contributed by atoms with Gasteiger partial charge in [0, 0.05) is 18.8 Å². The summed E-state index contributed by atoms with van der Waals surface area (Å²) in [4.78, 5) is 33.9. The van der Waals surface area contributed by atoms with E-state index in [2.05, 4.69) is 22.0 Å². The third-order valence-corrected chi connectivity index (χ3v) is 7.10. The number of anilines is 1. The lowest BCUT2D eigenvalue weighted by molar-refractivity contribution is -0.139. The monoisotopic (exact) mass is 493 g/mol. The van der Waals surface area contributed by atoms with Gasteiger partial charge in [-0.25, -0.2) is 9.79 Å². The number of carbonyl (C=O) groups is 1. The van der Waals surface area contributed by atoms with Crippen LogP contribution in [0.5, 0.6) is 0 Å². The van der Waals surface area contributed by atoms with E-state index in [0.717, 1.165) is 37.6 Å². The van der Waals surface area contributed by atoms with Gasteiger partial charge >= 0.3 is 5.97 Å². The number of nitrogens with zero attached hydrogens (tertiary/aromatic N) is 3. The topological polar surface area (TPSA) is 86.3 Å². The minimum absolute atomic E-state index is 0.223. The zero-order valence-electron chi connectivity index (χ0n) is 19.9.